The van der Waals surface area contributed by atoms with Gasteiger partial charge in [-0.3, -0.25) is 0 Å². The average molecular weight is 146 g/mol. The first kappa shape index (κ1) is 9.84. The van der Waals surface area contributed by atoms with Crippen LogP contribution in [0.3, 0.4) is 0 Å². The summed E-state index contributed by atoms with van der Waals surface area (Å²) in [5, 5.41) is 0. The molecule has 3 atom stereocenters. The minimum Gasteiger partial charge on any atom is -0.329 e. The Hall–Kier alpha value is -0.160. The van der Waals surface area contributed by atoms with Crippen molar-refractivity contribution in [2.45, 2.75) is 31.5 Å². The summed E-state index contributed by atoms with van der Waals surface area (Å²) in [6.45, 7) is 2.38. The molecule has 0 fully saturated rings. The Morgan fingerprint density at radius 2 is 1.60 bits per heavy atom. The normalized spacial score (nSPS) is 20.1. The van der Waals surface area contributed by atoms with E-state index in [4.69, 9.17) is 22.9 Å². The first-order valence-corrected chi connectivity index (χ1v) is 3.60. The standard InChI is InChI=1S/C6H18N4/c1-2-4(8)6(10)5(9)3-7/h4-6H,2-3,7-10H2,1H3. The summed E-state index contributed by atoms with van der Waals surface area (Å²) in [4.78, 5) is 0. The fourth-order valence-electron chi connectivity index (χ4n) is 0.747. The third-order valence-electron chi connectivity index (χ3n) is 1.73. The molecule has 10 heavy (non-hydrogen) atoms. The van der Waals surface area contributed by atoms with Crippen molar-refractivity contribution in [3.8, 4) is 0 Å². The summed E-state index contributed by atoms with van der Waals surface area (Å²) in [7, 11) is 0. The molecule has 0 heterocycles. The van der Waals surface area contributed by atoms with E-state index in [1.54, 1.807) is 0 Å². The molecule has 0 bridgehead atoms. The lowest BCUT2D eigenvalue weighted by Crippen LogP contribution is -2.55. The fraction of sp³-hybridized carbons (Fsp3) is 1.00. The van der Waals surface area contributed by atoms with Gasteiger partial charge in [-0.1, -0.05) is 6.92 Å². The van der Waals surface area contributed by atoms with E-state index in [2.05, 4.69) is 0 Å². The van der Waals surface area contributed by atoms with E-state index in [0.29, 0.717) is 6.54 Å². The molecule has 0 saturated carbocycles. The van der Waals surface area contributed by atoms with Crippen molar-refractivity contribution >= 4 is 0 Å². The summed E-state index contributed by atoms with van der Waals surface area (Å²) in [5.41, 5.74) is 22.2. The predicted molar refractivity (Wildman–Crippen MR) is 43.3 cm³/mol. The maximum Gasteiger partial charge on any atom is 0.0358 e. The van der Waals surface area contributed by atoms with Crippen LogP contribution in [0.4, 0.5) is 0 Å². The predicted octanol–water partition coefficient (Wildman–Crippen LogP) is -1.66. The first-order chi connectivity index (χ1) is 4.63. The van der Waals surface area contributed by atoms with E-state index < -0.39 is 0 Å². The van der Waals surface area contributed by atoms with Gasteiger partial charge in [0.1, 0.15) is 0 Å². The Morgan fingerprint density at radius 3 is 1.90 bits per heavy atom. The number of hydrogen-bond donors (Lipinski definition) is 4. The minimum absolute atomic E-state index is 0.0291. The SMILES string of the molecule is CCC(N)C(N)C(N)CN. The van der Waals surface area contributed by atoms with E-state index in [9.17, 15) is 0 Å². The van der Waals surface area contributed by atoms with Gasteiger partial charge in [0.15, 0.2) is 0 Å². The van der Waals surface area contributed by atoms with Crippen LogP contribution in [-0.4, -0.2) is 24.7 Å². The lowest BCUT2D eigenvalue weighted by Gasteiger charge is -2.23. The molecule has 0 aliphatic heterocycles. The average Bonchev–Trinajstić information content (AvgIpc) is 2.00. The molecule has 0 aromatic carbocycles. The summed E-state index contributed by atoms with van der Waals surface area (Å²) in [6.07, 6.45) is 0.842. The van der Waals surface area contributed by atoms with Crippen molar-refractivity contribution in [2.24, 2.45) is 22.9 Å². The highest BCUT2D eigenvalue weighted by Crippen LogP contribution is 1.94. The number of hydrogen-bond acceptors (Lipinski definition) is 4. The van der Waals surface area contributed by atoms with E-state index in [1.807, 2.05) is 6.92 Å². The molecule has 62 valence electrons. The second-order valence-electron chi connectivity index (χ2n) is 2.55. The zero-order valence-corrected chi connectivity index (χ0v) is 6.46. The van der Waals surface area contributed by atoms with Crippen LogP contribution >= 0.6 is 0 Å². The third-order valence-corrected chi connectivity index (χ3v) is 1.73. The highest BCUT2D eigenvalue weighted by Gasteiger charge is 2.17. The van der Waals surface area contributed by atoms with Crippen LogP contribution in [-0.2, 0) is 0 Å². The van der Waals surface area contributed by atoms with Gasteiger partial charge in [-0.25, -0.2) is 0 Å². The smallest absolute Gasteiger partial charge is 0.0358 e. The van der Waals surface area contributed by atoms with Crippen LogP contribution in [0.15, 0.2) is 0 Å². The Kier molecular flexibility index (Phi) is 4.55. The van der Waals surface area contributed by atoms with Crippen LogP contribution in [0.5, 0.6) is 0 Å². The molecule has 0 aliphatic carbocycles. The lowest BCUT2D eigenvalue weighted by molar-refractivity contribution is 0.438. The molecule has 4 heteroatoms. The summed E-state index contributed by atoms with van der Waals surface area (Å²) < 4.78 is 0. The van der Waals surface area contributed by atoms with Crippen molar-refractivity contribution in [2.75, 3.05) is 6.54 Å². The number of nitrogens with two attached hydrogens (primary N) is 4. The highest BCUT2D eigenvalue weighted by molar-refractivity contribution is 4.84. The number of rotatable bonds is 4. The Labute approximate surface area is 61.9 Å². The maximum atomic E-state index is 5.65. The molecule has 0 aliphatic rings. The van der Waals surface area contributed by atoms with Crippen LogP contribution < -0.4 is 22.9 Å². The highest BCUT2D eigenvalue weighted by atomic mass is 14.9. The van der Waals surface area contributed by atoms with E-state index in [0.717, 1.165) is 6.42 Å². The van der Waals surface area contributed by atoms with E-state index >= 15 is 0 Å². The molecule has 0 amide bonds. The molecular weight excluding hydrogens is 128 g/mol. The van der Waals surface area contributed by atoms with E-state index in [1.165, 1.54) is 0 Å². The quantitative estimate of drug-likeness (QED) is 0.381. The third kappa shape index (κ3) is 2.62. The van der Waals surface area contributed by atoms with Crippen LogP contribution in [0.25, 0.3) is 0 Å². The minimum atomic E-state index is -0.171. The molecule has 0 rings (SSSR count). The Morgan fingerprint density at radius 1 is 1.10 bits per heavy atom. The van der Waals surface area contributed by atoms with Crippen LogP contribution in [0, 0.1) is 0 Å². The van der Waals surface area contributed by atoms with Gasteiger partial charge in [0, 0.05) is 24.7 Å². The second kappa shape index (κ2) is 4.62. The van der Waals surface area contributed by atoms with Gasteiger partial charge in [0.2, 0.25) is 0 Å². The lowest BCUT2D eigenvalue weighted by atomic mass is 10.0. The first-order valence-electron chi connectivity index (χ1n) is 3.60. The van der Waals surface area contributed by atoms with Gasteiger partial charge in [-0.2, -0.15) is 0 Å². The molecule has 0 saturated heterocycles. The van der Waals surface area contributed by atoms with Gasteiger partial charge in [-0.05, 0) is 6.42 Å². The van der Waals surface area contributed by atoms with Gasteiger partial charge in [-0.15, -0.1) is 0 Å². The zero-order valence-electron chi connectivity index (χ0n) is 6.46. The second-order valence-corrected chi connectivity index (χ2v) is 2.55. The molecule has 3 unspecified atom stereocenters. The van der Waals surface area contributed by atoms with E-state index in [-0.39, 0.29) is 18.1 Å². The topological polar surface area (TPSA) is 104 Å². The van der Waals surface area contributed by atoms with Gasteiger partial charge >= 0.3 is 0 Å². The Bertz CT molecular complexity index is 75.8. The molecule has 0 spiro atoms. The molecule has 8 N–H and O–H groups in total. The molecule has 0 aromatic rings. The summed E-state index contributed by atoms with van der Waals surface area (Å²) >= 11 is 0. The van der Waals surface area contributed by atoms with Crippen LogP contribution in [0.1, 0.15) is 13.3 Å². The fourth-order valence-corrected chi connectivity index (χ4v) is 0.747. The zero-order chi connectivity index (χ0) is 8.15. The van der Waals surface area contributed by atoms with Crippen molar-refractivity contribution < 1.29 is 0 Å². The summed E-state index contributed by atoms with van der Waals surface area (Å²) in [6, 6.07) is -0.372. The van der Waals surface area contributed by atoms with Gasteiger partial charge in [0.05, 0.1) is 0 Å². The molecule has 0 radical (unpaired) electrons. The Balaban J connectivity index is 3.69. The molecule has 4 nitrogen and oxygen atoms in total. The van der Waals surface area contributed by atoms with Crippen molar-refractivity contribution in [1.29, 1.82) is 0 Å². The van der Waals surface area contributed by atoms with Crippen molar-refractivity contribution in [3.63, 3.8) is 0 Å². The van der Waals surface area contributed by atoms with Gasteiger partial charge in [0.25, 0.3) is 0 Å². The maximum absolute atomic E-state index is 5.65. The molecule has 0 aromatic heterocycles. The van der Waals surface area contributed by atoms with Crippen molar-refractivity contribution in [1.82, 2.24) is 0 Å². The van der Waals surface area contributed by atoms with Crippen molar-refractivity contribution in [3.05, 3.63) is 0 Å². The monoisotopic (exact) mass is 146 g/mol. The van der Waals surface area contributed by atoms with Gasteiger partial charge < -0.3 is 22.9 Å². The molecular formula is C6H18N4. The van der Waals surface area contributed by atoms with Crippen LogP contribution in [0.2, 0.25) is 0 Å². The largest absolute Gasteiger partial charge is 0.329 e. The summed E-state index contributed by atoms with van der Waals surface area (Å²) in [5.74, 6) is 0.